The van der Waals surface area contributed by atoms with Gasteiger partial charge in [0.2, 0.25) is 11.8 Å². The molecule has 5 heterocycles. The van der Waals surface area contributed by atoms with Crippen molar-refractivity contribution in [2.45, 2.75) is 89.8 Å². The molecule has 1 aliphatic carbocycles. The Labute approximate surface area is 345 Å². The standard InChI is InChI=1S/C48H51N7O4/c1-4-31-26-36-38(48(2,3)45-43(44(36)57)35-13-12-30(28-49)25-39(35)50-45)27-41(31)54-19-16-33(17-20-54)53-23-21-52(22-24-53)18-7-5-6-9-32-10-8-11-34-37(32)29-55(47(34)59)40-14-15-42(56)51-46(40)58/h8,10-13,25-27,33,40,50H,4-5,7,14-24,29H2,1-3H3,(H,51,56,58). The predicted molar refractivity (Wildman–Crippen MR) is 226 cm³/mol. The van der Waals surface area contributed by atoms with E-state index in [1.807, 2.05) is 24.3 Å². The fourth-order valence-corrected chi connectivity index (χ4v) is 10.2. The van der Waals surface area contributed by atoms with E-state index in [4.69, 9.17) is 0 Å². The first-order chi connectivity index (χ1) is 28.5. The van der Waals surface area contributed by atoms with E-state index < -0.39 is 17.4 Å². The molecule has 11 nitrogen and oxygen atoms in total. The van der Waals surface area contributed by atoms with Gasteiger partial charge in [0.25, 0.3) is 5.91 Å². The quantitative estimate of drug-likeness (QED) is 0.140. The molecule has 2 N–H and O–H groups in total. The average molecular weight is 790 g/mol. The van der Waals surface area contributed by atoms with Crippen molar-refractivity contribution in [2.75, 3.05) is 50.7 Å². The number of imide groups is 1. The second kappa shape index (κ2) is 15.4. The number of benzene rings is 3. The molecular formula is C48H51N7O4. The summed E-state index contributed by atoms with van der Waals surface area (Å²) in [6.45, 7) is 14.2. The number of nitriles is 1. The Balaban J connectivity index is 0.773. The van der Waals surface area contributed by atoms with Crippen LogP contribution in [0.1, 0.15) is 119 Å². The highest BCUT2D eigenvalue weighted by atomic mass is 16.2. The van der Waals surface area contributed by atoms with Crippen LogP contribution in [0.5, 0.6) is 0 Å². The molecule has 59 heavy (non-hydrogen) atoms. The molecule has 1 atom stereocenters. The van der Waals surface area contributed by atoms with Crippen molar-refractivity contribution in [1.29, 1.82) is 5.26 Å². The van der Waals surface area contributed by atoms with Crippen LogP contribution in [-0.2, 0) is 28.0 Å². The molecule has 0 spiro atoms. The molecule has 4 aliphatic heterocycles. The number of piperidine rings is 2. The highest BCUT2D eigenvalue weighted by Crippen LogP contribution is 2.46. The number of aromatic nitrogens is 1. The minimum atomic E-state index is -0.628. The van der Waals surface area contributed by atoms with Gasteiger partial charge >= 0.3 is 0 Å². The summed E-state index contributed by atoms with van der Waals surface area (Å²) in [5, 5.41) is 12.7. The number of ketones is 1. The smallest absolute Gasteiger partial charge is 0.255 e. The number of aryl methyl sites for hydroxylation is 1. The van der Waals surface area contributed by atoms with Crippen LogP contribution >= 0.6 is 0 Å². The summed E-state index contributed by atoms with van der Waals surface area (Å²) in [5.74, 6) is 5.86. The number of piperazine rings is 1. The van der Waals surface area contributed by atoms with Gasteiger partial charge in [-0.2, -0.15) is 5.26 Å². The molecule has 9 rings (SSSR count). The van der Waals surface area contributed by atoms with Crippen molar-refractivity contribution >= 4 is 40.1 Å². The number of aromatic amines is 1. The van der Waals surface area contributed by atoms with Gasteiger partial charge in [-0.05, 0) is 91.7 Å². The summed E-state index contributed by atoms with van der Waals surface area (Å²) >= 11 is 0. The van der Waals surface area contributed by atoms with Crippen LogP contribution in [0.4, 0.5) is 5.69 Å². The predicted octanol–water partition coefficient (Wildman–Crippen LogP) is 5.65. The van der Waals surface area contributed by atoms with Gasteiger partial charge in [-0.1, -0.05) is 44.7 Å². The number of carbonyl (C=O) groups excluding carboxylic acids is 4. The highest BCUT2D eigenvalue weighted by molar-refractivity contribution is 6.20. The van der Waals surface area contributed by atoms with E-state index in [9.17, 15) is 24.4 Å². The zero-order valence-electron chi connectivity index (χ0n) is 34.2. The Morgan fingerprint density at radius 1 is 0.915 bits per heavy atom. The molecule has 11 heteroatoms. The molecule has 302 valence electrons. The maximum Gasteiger partial charge on any atom is 0.255 e. The molecule has 0 bridgehead atoms. The third-order valence-corrected chi connectivity index (χ3v) is 13.6. The lowest BCUT2D eigenvalue weighted by Crippen LogP contribution is -2.53. The topological polar surface area (TPSA) is 133 Å². The third kappa shape index (κ3) is 6.90. The molecule has 1 aromatic heterocycles. The number of nitrogens with one attached hydrogen (secondary N) is 2. The first-order valence-corrected chi connectivity index (χ1v) is 21.3. The van der Waals surface area contributed by atoms with Gasteiger partial charge in [0.15, 0.2) is 5.78 Å². The van der Waals surface area contributed by atoms with Crippen LogP contribution in [0.25, 0.3) is 10.9 Å². The number of fused-ring (bicyclic) bond motifs is 5. The van der Waals surface area contributed by atoms with Gasteiger partial charge in [0.05, 0.1) is 17.2 Å². The van der Waals surface area contributed by atoms with Gasteiger partial charge in [0.1, 0.15) is 6.04 Å². The number of amides is 3. The number of carbonyl (C=O) groups is 4. The molecule has 1 unspecified atom stereocenters. The van der Waals surface area contributed by atoms with E-state index in [0.717, 1.165) is 122 Å². The van der Waals surface area contributed by atoms with Crippen molar-refractivity contribution in [2.24, 2.45) is 0 Å². The van der Waals surface area contributed by atoms with Gasteiger partial charge in [-0.3, -0.25) is 29.4 Å². The second-order valence-corrected chi connectivity index (χ2v) is 17.3. The summed E-state index contributed by atoms with van der Waals surface area (Å²) < 4.78 is 0. The minimum absolute atomic E-state index is 0.0627. The van der Waals surface area contributed by atoms with Crippen molar-refractivity contribution in [1.82, 2.24) is 25.0 Å². The van der Waals surface area contributed by atoms with Crippen LogP contribution < -0.4 is 10.2 Å². The van der Waals surface area contributed by atoms with E-state index >= 15 is 0 Å². The summed E-state index contributed by atoms with van der Waals surface area (Å²) in [5.41, 5.74) is 9.32. The summed E-state index contributed by atoms with van der Waals surface area (Å²) in [6.07, 6.45) is 5.43. The van der Waals surface area contributed by atoms with Gasteiger partial charge in [-0.15, -0.1) is 0 Å². The SMILES string of the molecule is CCc1cc2c(cc1N1CCC(N3CCN(CCCC#Cc4cccc5c4CN(C4CCC(=O)NC4=O)C5=O)CC3)CC1)C(C)(C)c1[nH]c3cc(C#N)ccc3c1C2=O. The lowest BCUT2D eigenvalue weighted by atomic mass is 9.70. The Hall–Kier alpha value is -5.75. The van der Waals surface area contributed by atoms with Crippen molar-refractivity contribution in [3.8, 4) is 17.9 Å². The number of unbranched alkanes of at least 4 members (excludes halogenated alkanes) is 1. The molecule has 5 aliphatic rings. The summed E-state index contributed by atoms with van der Waals surface area (Å²) in [4.78, 5) is 64.3. The zero-order valence-corrected chi connectivity index (χ0v) is 34.2. The van der Waals surface area contributed by atoms with E-state index in [0.29, 0.717) is 30.1 Å². The molecule has 3 fully saturated rings. The molecule has 4 aromatic rings. The fourth-order valence-electron chi connectivity index (χ4n) is 10.2. The van der Waals surface area contributed by atoms with E-state index in [1.165, 1.54) is 11.3 Å². The van der Waals surface area contributed by atoms with Gasteiger partial charge in [0, 0.05) is 109 Å². The van der Waals surface area contributed by atoms with Gasteiger partial charge < -0.3 is 19.7 Å². The minimum Gasteiger partial charge on any atom is -0.371 e. The van der Waals surface area contributed by atoms with E-state index in [-0.39, 0.29) is 24.0 Å². The Bertz CT molecular complexity index is 2500. The lowest BCUT2D eigenvalue weighted by Gasteiger charge is -2.44. The van der Waals surface area contributed by atoms with Crippen molar-refractivity contribution < 1.29 is 19.2 Å². The fraction of sp³-hybridized carbons (Fsp3) is 0.438. The highest BCUT2D eigenvalue weighted by Gasteiger charge is 2.42. The number of nitrogens with zero attached hydrogens (tertiary/aromatic N) is 5. The largest absolute Gasteiger partial charge is 0.371 e. The van der Waals surface area contributed by atoms with Crippen molar-refractivity contribution in [3.05, 3.63) is 98.7 Å². The van der Waals surface area contributed by atoms with E-state index in [2.05, 4.69) is 75.8 Å². The third-order valence-electron chi connectivity index (χ3n) is 13.6. The maximum absolute atomic E-state index is 14.1. The number of anilines is 1. The molecule has 3 aromatic carbocycles. The van der Waals surface area contributed by atoms with E-state index in [1.54, 1.807) is 17.0 Å². The number of H-pyrrole nitrogens is 1. The van der Waals surface area contributed by atoms with Crippen LogP contribution in [0, 0.1) is 23.2 Å². The monoisotopic (exact) mass is 789 g/mol. The number of hydrogen-bond acceptors (Lipinski definition) is 8. The molecular weight excluding hydrogens is 739 g/mol. The van der Waals surface area contributed by atoms with Crippen LogP contribution in [0.15, 0.2) is 48.5 Å². The lowest BCUT2D eigenvalue weighted by molar-refractivity contribution is -0.136. The first kappa shape index (κ1) is 38.8. The molecule has 0 radical (unpaired) electrons. The summed E-state index contributed by atoms with van der Waals surface area (Å²) in [7, 11) is 0. The van der Waals surface area contributed by atoms with Crippen LogP contribution in [-0.4, -0.2) is 101 Å². The van der Waals surface area contributed by atoms with Gasteiger partial charge in [-0.25, -0.2) is 0 Å². The average Bonchev–Trinajstić information content (AvgIpc) is 3.81. The van der Waals surface area contributed by atoms with Crippen molar-refractivity contribution in [3.63, 3.8) is 0 Å². The summed E-state index contributed by atoms with van der Waals surface area (Å²) in [6, 6.07) is 17.8. The molecule has 0 saturated carbocycles. The Morgan fingerprint density at radius 3 is 2.46 bits per heavy atom. The normalized spacial score (nSPS) is 20.8. The Morgan fingerprint density at radius 2 is 1.71 bits per heavy atom. The second-order valence-electron chi connectivity index (χ2n) is 17.3. The molecule has 3 amide bonds. The molecule has 3 saturated heterocycles. The zero-order chi connectivity index (χ0) is 41.0. The van der Waals surface area contributed by atoms with Crippen LogP contribution in [0.2, 0.25) is 0 Å². The number of rotatable bonds is 7. The maximum atomic E-state index is 14.1. The first-order valence-electron chi connectivity index (χ1n) is 21.3. The van der Waals surface area contributed by atoms with Crippen LogP contribution in [0.3, 0.4) is 0 Å². The Kier molecular flexibility index (Phi) is 10.1. The number of hydrogen-bond donors (Lipinski definition) is 2.